The first-order valence-corrected chi connectivity index (χ1v) is 22.5. The van der Waals surface area contributed by atoms with E-state index in [1.807, 2.05) is 0 Å². The Morgan fingerprint density at radius 2 is 0.516 bits per heavy atom. The molecule has 0 atom stereocenters. The van der Waals surface area contributed by atoms with Gasteiger partial charge < -0.3 is 0 Å². The second kappa shape index (κ2) is 13.2. The van der Waals surface area contributed by atoms with E-state index in [0.29, 0.717) is 0 Å². The van der Waals surface area contributed by atoms with Crippen LogP contribution in [-0.4, -0.2) is 0 Å². The molecule has 14 aromatic rings. The maximum atomic E-state index is 2.57. The first-order chi connectivity index (χ1) is 31.7. The third kappa shape index (κ3) is 4.67. The summed E-state index contributed by atoms with van der Waals surface area (Å²) < 4.78 is 0. The first kappa shape index (κ1) is 35.5. The summed E-state index contributed by atoms with van der Waals surface area (Å²) in [6, 6.07) is 77.6. The molecule has 0 spiro atoms. The zero-order valence-corrected chi connectivity index (χ0v) is 35.6. The van der Waals surface area contributed by atoms with Crippen molar-refractivity contribution in [2.75, 3.05) is 0 Å². The van der Waals surface area contributed by atoms with Crippen LogP contribution in [0.3, 0.4) is 0 Å². The summed E-state index contributed by atoms with van der Waals surface area (Å²) in [5, 5.41) is 23.7. The lowest BCUT2D eigenvalue weighted by Gasteiger charge is -2.18. The molecule has 14 rings (SSSR count). The minimum Gasteiger partial charge on any atom is -0.0622 e. The highest BCUT2D eigenvalue weighted by molar-refractivity contribution is 6.47. The molecule has 0 heteroatoms. The van der Waals surface area contributed by atoms with Crippen LogP contribution in [0.4, 0.5) is 0 Å². The fourth-order valence-electron chi connectivity index (χ4n) is 12.0. The maximum absolute atomic E-state index is 2.57. The summed E-state index contributed by atoms with van der Waals surface area (Å²) in [6.45, 7) is 4.53. The second-order valence-corrected chi connectivity index (χ2v) is 17.9. The molecule has 0 aromatic heterocycles. The lowest BCUT2D eigenvalue weighted by molar-refractivity contribution is 1.47. The molecule has 14 aromatic carbocycles. The van der Waals surface area contributed by atoms with Gasteiger partial charge in [0, 0.05) is 0 Å². The maximum Gasteiger partial charge on any atom is -0.000709 e. The van der Waals surface area contributed by atoms with Crippen LogP contribution in [0.15, 0.2) is 206 Å². The Morgan fingerprint density at radius 3 is 0.953 bits per heavy atom. The molecule has 0 saturated carbocycles. The summed E-state index contributed by atoms with van der Waals surface area (Å²) in [6.07, 6.45) is 0. The van der Waals surface area contributed by atoms with E-state index in [2.05, 4.69) is 220 Å². The van der Waals surface area contributed by atoms with Gasteiger partial charge in [0.1, 0.15) is 0 Å². The third-order valence-corrected chi connectivity index (χ3v) is 14.6. The minimum absolute atomic E-state index is 1.24. The Morgan fingerprint density at radius 1 is 0.203 bits per heavy atom. The van der Waals surface area contributed by atoms with Crippen LogP contribution in [0.5, 0.6) is 0 Å². The Kier molecular flexibility index (Phi) is 7.34. The quantitative estimate of drug-likeness (QED) is 0.155. The highest BCUT2D eigenvalue weighted by Crippen LogP contribution is 2.56. The first-order valence-electron chi connectivity index (χ1n) is 22.5. The molecule has 0 aliphatic heterocycles. The van der Waals surface area contributed by atoms with E-state index in [9.17, 15) is 0 Å². The van der Waals surface area contributed by atoms with Crippen molar-refractivity contribution >= 4 is 97.0 Å². The number of benzene rings is 12. The van der Waals surface area contributed by atoms with Crippen LogP contribution in [0.25, 0.3) is 141 Å². The number of hydrogen-bond acceptors (Lipinski definition) is 0. The van der Waals surface area contributed by atoms with Crippen molar-refractivity contribution in [1.29, 1.82) is 0 Å². The van der Waals surface area contributed by atoms with E-state index in [0.717, 1.165) is 0 Å². The van der Waals surface area contributed by atoms with E-state index in [1.54, 1.807) is 0 Å². The smallest absolute Gasteiger partial charge is 0.000709 e. The second-order valence-electron chi connectivity index (χ2n) is 17.9. The van der Waals surface area contributed by atoms with Crippen molar-refractivity contribution in [3.05, 3.63) is 217 Å². The molecule has 64 heavy (non-hydrogen) atoms. The lowest BCUT2D eigenvalue weighted by atomic mass is 9.84. The summed E-state index contributed by atoms with van der Waals surface area (Å²) in [7, 11) is 0. The summed E-state index contributed by atoms with van der Waals surface area (Å²) in [4.78, 5) is 0. The standard InChI is InChI=1S/C64H40/c1-37-19-9-11-25-41(37)59-45-29-15-16-30-46(45)60(42-26-12-10-20-38(42)2)64-54-36-52-47-31-17-33-49-57(47)53(35-51(52)48-32-18-34-50(58(48)54)62(59)64)63-56(40-23-7-4-8-24-40)44-28-14-13-27-43(44)55(61(49)63)39-21-5-3-6-22-39/h3-36H,1-2H3. The SMILES string of the molecule is Cc1ccccc1-c1c2ccccc2c(-c2ccccc2C)c2c3cc4c(cc5c6c(-c7ccccc7)c7ccccc7c(-c7ccccc7)c6c6cccc4c65)c4cccc(c12)c43. The molecular formula is C64H40. The molecule has 0 unspecified atom stereocenters. The largest absolute Gasteiger partial charge is 0.0622 e. The molecule has 0 heterocycles. The molecule has 0 radical (unpaired) electrons. The van der Waals surface area contributed by atoms with Crippen molar-refractivity contribution in [2.45, 2.75) is 13.8 Å². The van der Waals surface area contributed by atoms with Crippen LogP contribution < -0.4 is 0 Å². The van der Waals surface area contributed by atoms with Gasteiger partial charge in [0.2, 0.25) is 0 Å². The van der Waals surface area contributed by atoms with E-state index < -0.39 is 0 Å². The Labute approximate surface area is 370 Å². The zero-order chi connectivity index (χ0) is 42.2. The van der Waals surface area contributed by atoms with Gasteiger partial charge in [-0.25, -0.2) is 0 Å². The number of aryl methyl sites for hydroxylation is 2. The van der Waals surface area contributed by atoms with Crippen molar-refractivity contribution in [2.24, 2.45) is 0 Å². The molecular weight excluding hydrogens is 769 g/mol. The predicted molar refractivity (Wildman–Crippen MR) is 278 cm³/mol. The Hall–Kier alpha value is -8.06. The zero-order valence-electron chi connectivity index (χ0n) is 35.6. The van der Waals surface area contributed by atoms with Crippen molar-refractivity contribution in [3.63, 3.8) is 0 Å². The van der Waals surface area contributed by atoms with Crippen LogP contribution >= 0.6 is 0 Å². The van der Waals surface area contributed by atoms with E-state index in [4.69, 9.17) is 0 Å². The molecule has 0 aliphatic carbocycles. The van der Waals surface area contributed by atoms with Gasteiger partial charge in [0.15, 0.2) is 0 Å². The Bertz CT molecular complexity index is 4230. The van der Waals surface area contributed by atoms with Crippen LogP contribution in [0.1, 0.15) is 11.1 Å². The molecule has 296 valence electrons. The molecule has 0 aliphatic rings. The number of fused-ring (bicyclic) bond motifs is 11. The minimum atomic E-state index is 1.24. The number of rotatable bonds is 4. The Balaban J connectivity index is 1.25. The van der Waals surface area contributed by atoms with Gasteiger partial charge in [0.05, 0.1) is 0 Å². The van der Waals surface area contributed by atoms with Crippen molar-refractivity contribution < 1.29 is 0 Å². The lowest BCUT2D eigenvalue weighted by Crippen LogP contribution is -1.92. The molecule has 0 saturated heterocycles. The molecule has 0 N–H and O–H groups in total. The van der Waals surface area contributed by atoms with Crippen LogP contribution in [0, 0.1) is 13.8 Å². The average molecular weight is 809 g/mol. The van der Waals surface area contributed by atoms with Crippen molar-refractivity contribution in [3.8, 4) is 44.5 Å². The number of hydrogen-bond donors (Lipinski definition) is 0. The molecule has 0 nitrogen and oxygen atoms in total. The molecule has 0 bridgehead atoms. The van der Waals surface area contributed by atoms with E-state index in [-0.39, 0.29) is 0 Å². The summed E-state index contributed by atoms with van der Waals surface area (Å²) in [5.74, 6) is 0. The fourth-order valence-corrected chi connectivity index (χ4v) is 12.0. The van der Waals surface area contributed by atoms with Crippen molar-refractivity contribution in [1.82, 2.24) is 0 Å². The van der Waals surface area contributed by atoms with Gasteiger partial charge in [-0.2, -0.15) is 0 Å². The van der Waals surface area contributed by atoms with Gasteiger partial charge >= 0.3 is 0 Å². The van der Waals surface area contributed by atoms with Crippen LogP contribution in [0.2, 0.25) is 0 Å². The summed E-state index contributed by atoms with van der Waals surface area (Å²) in [5.41, 5.74) is 12.9. The predicted octanol–water partition coefficient (Wildman–Crippen LogP) is 18.2. The normalized spacial score (nSPS) is 12.2. The third-order valence-electron chi connectivity index (χ3n) is 14.6. The van der Waals surface area contributed by atoms with Crippen LogP contribution in [-0.2, 0) is 0 Å². The van der Waals surface area contributed by atoms with E-state index >= 15 is 0 Å². The van der Waals surface area contributed by atoms with Gasteiger partial charge in [-0.05, 0) is 179 Å². The highest BCUT2D eigenvalue weighted by Gasteiger charge is 2.28. The molecule has 0 fully saturated rings. The van der Waals surface area contributed by atoms with Gasteiger partial charge in [-0.15, -0.1) is 0 Å². The fraction of sp³-hybridized carbons (Fsp3) is 0.0312. The average Bonchev–Trinajstić information content (AvgIpc) is 3.85. The van der Waals surface area contributed by atoms with E-state index in [1.165, 1.54) is 153 Å². The topological polar surface area (TPSA) is 0 Å². The highest BCUT2D eigenvalue weighted by atomic mass is 14.3. The summed E-state index contributed by atoms with van der Waals surface area (Å²) >= 11 is 0. The monoisotopic (exact) mass is 808 g/mol. The van der Waals surface area contributed by atoms with Gasteiger partial charge in [-0.1, -0.05) is 194 Å². The molecule has 0 amide bonds. The van der Waals surface area contributed by atoms with Gasteiger partial charge in [-0.3, -0.25) is 0 Å². The van der Waals surface area contributed by atoms with Gasteiger partial charge in [0.25, 0.3) is 0 Å².